The molecule has 0 aromatic heterocycles. The molecule has 0 amide bonds. The molecule has 0 unspecified atom stereocenters. The van der Waals surface area contributed by atoms with Crippen LogP contribution in [-0.2, 0) is 0 Å². The van der Waals surface area contributed by atoms with Gasteiger partial charge in [0.25, 0.3) is 0 Å². The first-order chi connectivity index (χ1) is 6.86. The van der Waals surface area contributed by atoms with Gasteiger partial charge in [0.05, 0.1) is 11.4 Å². The number of hydrazine groups is 1. The highest BCUT2D eigenvalue weighted by Crippen LogP contribution is 2.32. The van der Waals surface area contributed by atoms with Gasteiger partial charge in [0, 0.05) is 10.8 Å². The van der Waals surface area contributed by atoms with E-state index < -0.39 is 0 Å². The zero-order valence-electron chi connectivity index (χ0n) is 7.37. The number of benzene rings is 1. The van der Waals surface area contributed by atoms with Crippen molar-refractivity contribution >= 4 is 22.1 Å². The Morgan fingerprint density at radius 2 is 1.50 bits per heavy atom. The lowest BCUT2D eigenvalue weighted by atomic mass is 10.1. The molecule has 0 fully saturated rings. The van der Waals surface area contributed by atoms with Crippen molar-refractivity contribution in [2.75, 3.05) is 10.9 Å². The normalized spacial score (nSPS) is 12.3. The van der Waals surface area contributed by atoms with Crippen LogP contribution in [0.1, 0.15) is 0 Å². The summed E-state index contributed by atoms with van der Waals surface area (Å²) in [5.41, 5.74) is 8.03. The van der Waals surface area contributed by atoms with E-state index in [4.69, 9.17) is 0 Å². The molecular weight excluding hydrogens is 176 g/mol. The molecule has 14 heavy (non-hydrogen) atoms. The van der Waals surface area contributed by atoms with Crippen LogP contribution in [0, 0.1) is 0 Å². The van der Waals surface area contributed by atoms with Crippen molar-refractivity contribution in [2.45, 2.75) is 0 Å². The van der Waals surface area contributed by atoms with Gasteiger partial charge < -0.3 is 10.9 Å². The van der Waals surface area contributed by atoms with Crippen LogP contribution >= 0.6 is 0 Å². The number of rotatable bonds is 0. The fraction of sp³-hybridized carbons (Fsp3) is 0. The molecule has 3 nitrogen and oxygen atoms in total. The summed E-state index contributed by atoms with van der Waals surface area (Å²) in [4.78, 5) is 11.7. The van der Waals surface area contributed by atoms with Gasteiger partial charge in [0.1, 0.15) is 0 Å². The Labute approximate surface area is 80.3 Å². The third-order valence-corrected chi connectivity index (χ3v) is 2.44. The van der Waals surface area contributed by atoms with Crippen molar-refractivity contribution in [2.24, 2.45) is 0 Å². The lowest BCUT2D eigenvalue weighted by Gasteiger charge is -1.96. The molecule has 1 aliphatic heterocycles. The molecule has 0 saturated carbocycles. The average Bonchev–Trinajstić information content (AvgIpc) is 2.53. The minimum Gasteiger partial charge on any atom is -0.300 e. The van der Waals surface area contributed by atoms with E-state index in [0.717, 1.165) is 22.1 Å². The summed E-state index contributed by atoms with van der Waals surface area (Å²) >= 11 is 0. The molecule has 0 aliphatic carbocycles. The van der Waals surface area contributed by atoms with Gasteiger partial charge in [-0.15, -0.1) is 0 Å². The Bertz CT molecular complexity index is 578. The summed E-state index contributed by atoms with van der Waals surface area (Å²) in [5, 5.41) is 1.72. The standard InChI is InChI=1S/C11H8N2O/c14-10-6-2-5-9-11-7(10)3-1-4-8(11)12-13-9/h1-6,12-13H. The minimum absolute atomic E-state index is 0.0543. The van der Waals surface area contributed by atoms with E-state index in [1.54, 1.807) is 12.1 Å². The van der Waals surface area contributed by atoms with E-state index in [9.17, 15) is 4.79 Å². The molecule has 0 bridgehead atoms. The topological polar surface area (TPSA) is 41.1 Å². The number of anilines is 2. The molecule has 0 radical (unpaired) electrons. The predicted octanol–water partition coefficient (Wildman–Crippen LogP) is 1.95. The van der Waals surface area contributed by atoms with E-state index in [1.165, 1.54) is 0 Å². The maximum absolute atomic E-state index is 11.7. The second kappa shape index (κ2) is 2.48. The van der Waals surface area contributed by atoms with Crippen molar-refractivity contribution in [3.05, 3.63) is 46.6 Å². The lowest BCUT2D eigenvalue weighted by Crippen LogP contribution is -2.00. The van der Waals surface area contributed by atoms with E-state index in [0.29, 0.717) is 0 Å². The van der Waals surface area contributed by atoms with Crippen molar-refractivity contribution in [3.63, 3.8) is 0 Å². The highest BCUT2D eigenvalue weighted by molar-refractivity contribution is 6.06. The average molecular weight is 184 g/mol. The van der Waals surface area contributed by atoms with Crippen LogP contribution in [0.25, 0.3) is 10.8 Å². The van der Waals surface area contributed by atoms with Crippen LogP contribution in [0.5, 0.6) is 0 Å². The molecule has 3 rings (SSSR count). The smallest absolute Gasteiger partial charge is 0.186 e. The summed E-state index contributed by atoms with van der Waals surface area (Å²) in [6.07, 6.45) is 0. The summed E-state index contributed by atoms with van der Waals surface area (Å²) < 4.78 is 0. The fourth-order valence-electron chi connectivity index (χ4n) is 1.80. The summed E-state index contributed by atoms with van der Waals surface area (Å²) in [6, 6.07) is 10.9. The summed E-state index contributed by atoms with van der Waals surface area (Å²) in [6.45, 7) is 0. The number of nitrogens with one attached hydrogen (secondary N) is 2. The minimum atomic E-state index is 0.0543. The fourth-order valence-corrected chi connectivity index (χ4v) is 1.80. The van der Waals surface area contributed by atoms with Crippen molar-refractivity contribution in [1.29, 1.82) is 0 Å². The molecule has 68 valence electrons. The zero-order chi connectivity index (χ0) is 9.54. The number of hydrogen-bond donors (Lipinski definition) is 2. The van der Waals surface area contributed by atoms with Crippen LogP contribution in [0.4, 0.5) is 11.4 Å². The molecular formula is C11H8N2O. The van der Waals surface area contributed by atoms with Crippen LogP contribution in [0.3, 0.4) is 0 Å². The Kier molecular flexibility index (Phi) is 1.31. The first-order valence-corrected chi connectivity index (χ1v) is 4.44. The van der Waals surface area contributed by atoms with Gasteiger partial charge in [-0.05, 0) is 18.2 Å². The van der Waals surface area contributed by atoms with Gasteiger partial charge in [-0.25, -0.2) is 0 Å². The maximum atomic E-state index is 11.7. The Hall–Kier alpha value is -2.03. The van der Waals surface area contributed by atoms with Crippen molar-refractivity contribution in [3.8, 4) is 0 Å². The van der Waals surface area contributed by atoms with E-state index in [-0.39, 0.29) is 5.43 Å². The third kappa shape index (κ3) is 0.836. The molecule has 0 spiro atoms. The molecule has 3 heteroatoms. The zero-order valence-corrected chi connectivity index (χ0v) is 7.37. The van der Waals surface area contributed by atoms with Gasteiger partial charge in [0.2, 0.25) is 0 Å². The Balaban J connectivity index is 2.68. The molecule has 2 N–H and O–H groups in total. The van der Waals surface area contributed by atoms with Crippen molar-refractivity contribution in [1.82, 2.24) is 0 Å². The molecule has 1 aliphatic rings. The SMILES string of the molecule is O=c1cccc2c3c(cccc13)NN2. The quantitative estimate of drug-likeness (QED) is 0.657. The van der Waals surface area contributed by atoms with Crippen LogP contribution < -0.4 is 16.3 Å². The lowest BCUT2D eigenvalue weighted by molar-refractivity contribution is 1.51. The third-order valence-electron chi connectivity index (χ3n) is 2.44. The van der Waals surface area contributed by atoms with Crippen LogP contribution in [-0.4, -0.2) is 0 Å². The number of hydrogen-bond acceptors (Lipinski definition) is 3. The molecule has 0 saturated heterocycles. The monoisotopic (exact) mass is 184 g/mol. The second-order valence-corrected chi connectivity index (χ2v) is 3.28. The maximum Gasteiger partial charge on any atom is 0.186 e. The van der Waals surface area contributed by atoms with Gasteiger partial charge in [0.15, 0.2) is 5.43 Å². The molecule has 1 heterocycles. The van der Waals surface area contributed by atoms with Gasteiger partial charge >= 0.3 is 0 Å². The van der Waals surface area contributed by atoms with Gasteiger partial charge in [-0.2, -0.15) is 0 Å². The highest BCUT2D eigenvalue weighted by Gasteiger charge is 2.12. The Morgan fingerprint density at radius 3 is 2.21 bits per heavy atom. The van der Waals surface area contributed by atoms with E-state index in [2.05, 4.69) is 10.9 Å². The Morgan fingerprint density at radius 1 is 0.857 bits per heavy atom. The summed E-state index contributed by atoms with van der Waals surface area (Å²) in [5.74, 6) is 0. The van der Waals surface area contributed by atoms with Gasteiger partial charge in [-0.3, -0.25) is 4.79 Å². The van der Waals surface area contributed by atoms with E-state index in [1.807, 2.05) is 24.3 Å². The molecule has 2 aromatic carbocycles. The molecule has 2 aromatic rings. The highest BCUT2D eigenvalue weighted by atomic mass is 16.1. The van der Waals surface area contributed by atoms with E-state index >= 15 is 0 Å². The molecule has 0 atom stereocenters. The van der Waals surface area contributed by atoms with Crippen LogP contribution in [0.15, 0.2) is 41.2 Å². The second-order valence-electron chi connectivity index (χ2n) is 3.28. The predicted molar refractivity (Wildman–Crippen MR) is 57.5 cm³/mol. The van der Waals surface area contributed by atoms with Crippen molar-refractivity contribution < 1.29 is 0 Å². The summed E-state index contributed by atoms with van der Waals surface area (Å²) in [7, 11) is 0. The first-order valence-electron chi connectivity index (χ1n) is 4.44. The van der Waals surface area contributed by atoms with Gasteiger partial charge in [-0.1, -0.05) is 18.2 Å². The largest absolute Gasteiger partial charge is 0.300 e. The first kappa shape index (κ1) is 7.38. The van der Waals surface area contributed by atoms with Crippen LogP contribution in [0.2, 0.25) is 0 Å².